The Balaban J connectivity index is 3.15. The molecule has 1 aromatic carbocycles. The minimum Gasteiger partial charge on any atom is -0.468 e. The van der Waals surface area contributed by atoms with Crippen molar-refractivity contribution < 1.29 is 33.8 Å². The highest BCUT2D eigenvalue weighted by Crippen LogP contribution is 2.21. The topological polar surface area (TPSA) is 134 Å². The zero-order valence-electron chi connectivity index (χ0n) is 18.8. The molecule has 0 fully saturated rings. The first-order valence-corrected chi connectivity index (χ1v) is 9.71. The second-order valence-electron chi connectivity index (χ2n) is 7.79. The van der Waals surface area contributed by atoms with Gasteiger partial charge in [0.1, 0.15) is 24.2 Å². The first-order valence-electron chi connectivity index (χ1n) is 9.71. The molecule has 10 heteroatoms. The number of nitrogens with zero attached hydrogens (tertiary/aromatic N) is 1. The summed E-state index contributed by atoms with van der Waals surface area (Å²) < 4.78 is 9.63. The third-order valence-electron chi connectivity index (χ3n) is 4.18. The maximum absolute atomic E-state index is 13.0. The molecule has 0 heterocycles. The highest BCUT2D eigenvalue weighted by atomic mass is 16.6. The van der Waals surface area contributed by atoms with Crippen LogP contribution in [0.5, 0.6) is 0 Å². The molecule has 0 radical (unpaired) electrons. The van der Waals surface area contributed by atoms with Crippen molar-refractivity contribution in [2.24, 2.45) is 0 Å². The van der Waals surface area contributed by atoms with E-state index in [0.717, 1.165) is 4.90 Å². The molecule has 2 unspecified atom stereocenters. The fourth-order valence-electron chi connectivity index (χ4n) is 2.65. The van der Waals surface area contributed by atoms with Crippen LogP contribution in [0, 0.1) is 12.3 Å². The van der Waals surface area contributed by atoms with Gasteiger partial charge in [-0.1, -0.05) is 18.1 Å². The number of nitrogens with one attached hydrogen (secondary N) is 2. The number of carbonyl (C=O) groups is 4. The molecule has 10 nitrogen and oxygen atoms in total. The van der Waals surface area contributed by atoms with Gasteiger partial charge < -0.3 is 30.1 Å². The number of alkyl carbamates (subject to hydrolysis) is 1. The molecule has 1 aromatic rings. The lowest BCUT2D eigenvalue weighted by Crippen LogP contribution is -2.53. The molecule has 0 aliphatic heterocycles. The first kappa shape index (κ1) is 26.5. The van der Waals surface area contributed by atoms with Gasteiger partial charge in [0.2, 0.25) is 11.8 Å². The number of hydrogen-bond donors (Lipinski definition) is 3. The molecular formula is C22H29N3O7. The van der Waals surface area contributed by atoms with E-state index >= 15 is 0 Å². The van der Waals surface area contributed by atoms with Crippen LogP contribution in [0.1, 0.15) is 37.9 Å². The molecule has 0 saturated heterocycles. The number of rotatable bonds is 8. The van der Waals surface area contributed by atoms with E-state index in [-0.39, 0.29) is 0 Å². The standard InChI is InChI=1S/C22H29N3O7/c1-7-14-8-10-15(11-9-14)18(19(28)23-12-17(27)31-6)25(5)20(29)16(13-26)24-21(30)32-22(2,3)4/h1,8-11,16,18,26H,12-13H2,2-6H3,(H,23,28)(H,24,30). The Morgan fingerprint density at radius 2 is 1.78 bits per heavy atom. The highest BCUT2D eigenvalue weighted by Gasteiger charge is 2.34. The molecule has 0 bridgehead atoms. The molecule has 3 N–H and O–H groups in total. The Labute approximate surface area is 187 Å². The maximum Gasteiger partial charge on any atom is 0.408 e. The number of methoxy groups -OCH3 is 1. The van der Waals surface area contributed by atoms with Gasteiger partial charge in [-0.25, -0.2) is 4.79 Å². The van der Waals surface area contributed by atoms with E-state index in [0.29, 0.717) is 11.1 Å². The van der Waals surface area contributed by atoms with Crippen molar-refractivity contribution in [1.82, 2.24) is 15.5 Å². The van der Waals surface area contributed by atoms with E-state index in [1.54, 1.807) is 45.0 Å². The zero-order valence-corrected chi connectivity index (χ0v) is 18.8. The monoisotopic (exact) mass is 447 g/mol. The lowest BCUT2D eigenvalue weighted by Gasteiger charge is -2.31. The second kappa shape index (κ2) is 11.7. The van der Waals surface area contributed by atoms with Gasteiger partial charge in [0.05, 0.1) is 13.7 Å². The molecule has 0 aliphatic rings. The molecular weight excluding hydrogens is 418 g/mol. The van der Waals surface area contributed by atoms with E-state index in [1.165, 1.54) is 14.2 Å². The Hall–Kier alpha value is -3.58. The largest absolute Gasteiger partial charge is 0.468 e. The summed E-state index contributed by atoms with van der Waals surface area (Å²) in [6, 6.07) is 3.77. The molecule has 0 aliphatic carbocycles. The fraction of sp³-hybridized carbons (Fsp3) is 0.455. The molecule has 0 saturated carbocycles. The number of terminal acetylenes is 1. The van der Waals surface area contributed by atoms with Gasteiger partial charge in [-0.3, -0.25) is 14.4 Å². The average Bonchev–Trinajstić information content (AvgIpc) is 2.74. The number of benzene rings is 1. The van der Waals surface area contributed by atoms with Crippen molar-refractivity contribution in [2.75, 3.05) is 27.3 Å². The molecule has 2 atom stereocenters. The van der Waals surface area contributed by atoms with Gasteiger partial charge in [0.15, 0.2) is 0 Å². The average molecular weight is 447 g/mol. The lowest BCUT2D eigenvalue weighted by molar-refractivity contribution is -0.144. The summed E-state index contributed by atoms with van der Waals surface area (Å²) in [4.78, 5) is 50.4. The summed E-state index contributed by atoms with van der Waals surface area (Å²) in [5.41, 5.74) is 0.154. The Morgan fingerprint density at radius 1 is 1.19 bits per heavy atom. The Kier molecular flexibility index (Phi) is 9.69. The Bertz CT molecular complexity index is 869. The number of aliphatic hydroxyl groups is 1. The van der Waals surface area contributed by atoms with Crippen LogP contribution in [0.25, 0.3) is 0 Å². The van der Waals surface area contributed by atoms with Crippen LogP contribution in [-0.2, 0) is 23.9 Å². The SMILES string of the molecule is C#Cc1ccc(C(C(=O)NCC(=O)OC)N(C)C(=O)C(CO)NC(=O)OC(C)(C)C)cc1. The summed E-state index contributed by atoms with van der Waals surface area (Å²) in [5.74, 6) is 0.355. The van der Waals surface area contributed by atoms with Crippen LogP contribution in [-0.4, -0.2) is 72.8 Å². The number of likely N-dealkylation sites (N-methyl/N-ethyl adjacent to an activating group) is 1. The minimum absolute atomic E-state index is 0.399. The quantitative estimate of drug-likeness (QED) is 0.386. The summed E-state index contributed by atoms with van der Waals surface area (Å²) in [7, 11) is 2.51. The summed E-state index contributed by atoms with van der Waals surface area (Å²) in [6.45, 7) is 3.81. The predicted molar refractivity (Wildman–Crippen MR) is 115 cm³/mol. The van der Waals surface area contributed by atoms with Crippen LogP contribution in [0.15, 0.2) is 24.3 Å². The van der Waals surface area contributed by atoms with Crippen molar-refractivity contribution >= 4 is 23.9 Å². The summed E-state index contributed by atoms with van der Waals surface area (Å²) in [6.07, 6.45) is 4.46. The number of carbonyl (C=O) groups excluding carboxylic acids is 4. The van der Waals surface area contributed by atoms with Gasteiger partial charge >= 0.3 is 12.1 Å². The predicted octanol–water partition coefficient (Wildman–Crippen LogP) is 0.342. The van der Waals surface area contributed by atoms with Gasteiger partial charge in [0, 0.05) is 12.6 Å². The zero-order chi connectivity index (χ0) is 24.5. The Morgan fingerprint density at radius 3 is 2.25 bits per heavy atom. The van der Waals surface area contributed by atoms with E-state index in [1.807, 2.05) is 0 Å². The molecule has 174 valence electrons. The van der Waals surface area contributed by atoms with Crippen molar-refractivity contribution in [3.8, 4) is 12.3 Å². The van der Waals surface area contributed by atoms with Crippen LogP contribution < -0.4 is 10.6 Å². The summed E-state index contributed by atoms with van der Waals surface area (Å²) in [5, 5.41) is 14.4. The van der Waals surface area contributed by atoms with E-state index < -0.39 is 54.7 Å². The molecule has 0 spiro atoms. The van der Waals surface area contributed by atoms with Crippen molar-refractivity contribution in [3.63, 3.8) is 0 Å². The third kappa shape index (κ3) is 7.92. The molecule has 3 amide bonds. The van der Waals surface area contributed by atoms with Gasteiger partial charge in [-0.2, -0.15) is 0 Å². The summed E-state index contributed by atoms with van der Waals surface area (Å²) >= 11 is 0. The number of aliphatic hydroxyl groups excluding tert-OH is 1. The van der Waals surface area contributed by atoms with Crippen molar-refractivity contribution in [2.45, 2.75) is 38.5 Å². The smallest absolute Gasteiger partial charge is 0.408 e. The molecule has 1 rings (SSSR count). The first-order chi connectivity index (χ1) is 14.9. The third-order valence-corrected chi connectivity index (χ3v) is 4.18. The van der Waals surface area contributed by atoms with Crippen LogP contribution in [0.2, 0.25) is 0 Å². The van der Waals surface area contributed by atoms with Crippen molar-refractivity contribution in [1.29, 1.82) is 0 Å². The van der Waals surface area contributed by atoms with Crippen LogP contribution in [0.4, 0.5) is 4.79 Å². The maximum atomic E-state index is 13.0. The number of ether oxygens (including phenoxy) is 2. The molecule has 0 aromatic heterocycles. The highest BCUT2D eigenvalue weighted by molar-refractivity contribution is 5.93. The van der Waals surface area contributed by atoms with Gasteiger partial charge in [-0.05, 0) is 38.5 Å². The lowest BCUT2D eigenvalue weighted by atomic mass is 10.0. The van der Waals surface area contributed by atoms with Crippen LogP contribution in [0.3, 0.4) is 0 Å². The molecule has 32 heavy (non-hydrogen) atoms. The number of hydrogen-bond acceptors (Lipinski definition) is 7. The van der Waals surface area contributed by atoms with Crippen LogP contribution >= 0.6 is 0 Å². The van der Waals surface area contributed by atoms with Gasteiger partial charge in [-0.15, -0.1) is 6.42 Å². The number of esters is 1. The van der Waals surface area contributed by atoms with E-state index in [2.05, 4.69) is 21.3 Å². The second-order valence-corrected chi connectivity index (χ2v) is 7.79. The number of amides is 3. The van der Waals surface area contributed by atoms with E-state index in [9.17, 15) is 24.3 Å². The van der Waals surface area contributed by atoms with E-state index in [4.69, 9.17) is 11.2 Å². The van der Waals surface area contributed by atoms with Gasteiger partial charge in [0.25, 0.3) is 0 Å². The minimum atomic E-state index is -1.37. The fourth-order valence-corrected chi connectivity index (χ4v) is 2.65. The normalized spacial score (nSPS) is 12.5. The van der Waals surface area contributed by atoms with Crippen molar-refractivity contribution in [3.05, 3.63) is 35.4 Å².